The zero-order valence-corrected chi connectivity index (χ0v) is 26.0. The monoisotopic (exact) mass is 600 g/mol. The standard InChI is InChI=1S/C35H44N4O5/c1-6-21-36(5)32(41)29-28-19-20-35(44-28)30(29)33(42)39(27(23-40)24-13-11-10-12-14-24)31(35)34(43)38(22-7-2)26-17-15-25(16-18-26)37(8-3)9-4/h6-7,10-18,27-31,40H,1-2,8-9,19-23H2,3-5H3/t27-,28-,29+,30+,31?,35?/m1/s1. The van der Waals surface area contributed by atoms with Crippen molar-refractivity contribution in [1.29, 1.82) is 0 Å². The molecule has 9 nitrogen and oxygen atoms in total. The number of carbonyl (C=O) groups is 3. The zero-order valence-electron chi connectivity index (χ0n) is 26.0. The maximum atomic E-state index is 14.9. The van der Waals surface area contributed by atoms with Gasteiger partial charge in [0.25, 0.3) is 5.91 Å². The van der Waals surface area contributed by atoms with Gasteiger partial charge in [0, 0.05) is 44.6 Å². The van der Waals surface area contributed by atoms with Crippen molar-refractivity contribution in [1.82, 2.24) is 9.80 Å². The van der Waals surface area contributed by atoms with Crippen LogP contribution in [0.5, 0.6) is 0 Å². The molecule has 2 bridgehead atoms. The third-order valence-corrected chi connectivity index (χ3v) is 9.60. The van der Waals surface area contributed by atoms with Crippen molar-refractivity contribution in [3.05, 3.63) is 85.5 Å². The number of nitrogens with zero attached hydrogens (tertiary/aromatic N) is 4. The molecule has 44 heavy (non-hydrogen) atoms. The van der Waals surface area contributed by atoms with E-state index in [1.165, 1.54) is 4.90 Å². The summed E-state index contributed by atoms with van der Waals surface area (Å²) in [5.74, 6) is -2.42. The fourth-order valence-electron chi connectivity index (χ4n) is 7.59. The molecule has 1 N–H and O–H groups in total. The van der Waals surface area contributed by atoms with Crippen LogP contribution in [0.2, 0.25) is 0 Å². The average molecular weight is 601 g/mol. The molecule has 3 fully saturated rings. The molecule has 0 saturated carbocycles. The second-order valence-corrected chi connectivity index (χ2v) is 11.8. The van der Waals surface area contributed by atoms with Gasteiger partial charge in [-0.1, -0.05) is 42.5 Å². The Morgan fingerprint density at radius 2 is 1.66 bits per heavy atom. The van der Waals surface area contributed by atoms with Gasteiger partial charge in [0.2, 0.25) is 11.8 Å². The Morgan fingerprint density at radius 3 is 2.25 bits per heavy atom. The van der Waals surface area contributed by atoms with Crippen LogP contribution in [0.3, 0.4) is 0 Å². The largest absolute Gasteiger partial charge is 0.394 e. The molecule has 0 radical (unpaired) electrons. The van der Waals surface area contributed by atoms with Crippen molar-refractivity contribution in [2.75, 3.05) is 49.6 Å². The van der Waals surface area contributed by atoms with Gasteiger partial charge in [-0.15, -0.1) is 13.2 Å². The van der Waals surface area contributed by atoms with Crippen LogP contribution in [0.4, 0.5) is 11.4 Å². The predicted molar refractivity (Wildman–Crippen MR) is 171 cm³/mol. The minimum atomic E-state index is -1.20. The van der Waals surface area contributed by atoms with Crippen LogP contribution in [0.25, 0.3) is 0 Å². The molecule has 234 valence electrons. The van der Waals surface area contributed by atoms with E-state index in [0.717, 1.165) is 18.8 Å². The molecular weight excluding hydrogens is 556 g/mol. The predicted octanol–water partition coefficient (Wildman–Crippen LogP) is 3.80. The van der Waals surface area contributed by atoms with E-state index in [1.54, 1.807) is 29.0 Å². The lowest BCUT2D eigenvalue weighted by atomic mass is 9.70. The Labute approximate surface area is 260 Å². The number of fused-ring (bicyclic) bond motifs is 1. The summed E-state index contributed by atoms with van der Waals surface area (Å²) in [6.45, 7) is 13.7. The molecular formula is C35H44N4O5. The van der Waals surface area contributed by atoms with Crippen LogP contribution in [0, 0.1) is 11.8 Å². The van der Waals surface area contributed by atoms with E-state index in [0.29, 0.717) is 30.6 Å². The smallest absolute Gasteiger partial charge is 0.253 e. The summed E-state index contributed by atoms with van der Waals surface area (Å²) in [4.78, 5) is 50.2. The summed E-state index contributed by atoms with van der Waals surface area (Å²) in [5, 5.41) is 10.7. The third kappa shape index (κ3) is 5.12. The highest BCUT2D eigenvalue weighted by Gasteiger charge is 2.75. The summed E-state index contributed by atoms with van der Waals surface area (Å²) in [6, 6.07) is 15.2. The first-order chi connectivity index (χ1) is 21.3. The first-order valence-electron chi connectivity index (χ1n) is 15.6. The lowest BCUT2D eigenvalue weighted by molar-refractivity contribution is -0.147. The number of carbonyl (C=O) groups excluding carboxylic acids is 3. The Morgan fingerprint density at radius 1 is 1.02 bits per heavy atom. The second kappa shape index (κ2) is 13.0. The van der Waals surface area contributed by atoms with Gasteiger partial charge in [-0.05, 0) is 56.5 Å². The number of rotatable bonds is 13. The number of aliphatic hydroxyl groups excluding tert-OH is 1. The van der Waals surface area contributed by atoms with Crippen molar-refractivity contribution >= 4 is 29.1 Å². The number of likely N-dealkylation sites (tertiary alicyclic amines) is 1. The van der Waals surface area contributed by atoms with E-state index in [9.17, 15) is 19.5 Å². The summed E-state index contributed by atoms with van der Waals surface area (Å²) >= 11 is 0. The van der Waals surface area contributed by atoms with E-state index in [-0.39, 0.29) is 30.9 Å². The van der Waals surface area contributed by atoms with Crippen LogP contribution in [0.1, 0.15) is 38.3 Å². The number of aliphatic hydroxyl groups is 1. The summed E-state index contributed by atoms with van der Waals surface area (Å²) in [5.41, 5.74) is 1.23. The molecule has 3 aliphatic rings. The van der Waals surface area contributed by atoms with Crippen LogP contribution in [-0.2, 0) is 19.1 Å². The highest BCUT2D eigenvalue weighted by molar-refractivity contribution is 6.05. The number of hydrogen-bond donors (Lipinski definition) is 1. The number of anilines is 2. The summed E-state index contributed by atoms with van der Waals surface area (Å²) < 4.78 is 6.66. The van der Waals surface area contributed by atoms with Gasteiger partial charge >= 0.3 is 0 Å². The zero-order chi connectivity index (χ0) is 31.6. The molecule has 3 amide bonds. The van der Waals surface area contributed by atoms with Gasteiger partial charge in [-0.3, -0.25) is 14.4 Å². The van der Waals surface area contributed by atoms with E-state index >= 15 is 0 Å². The normalized spacial score (nSPS) is 25.8. The van der Waals surface area contributed by atoms with Gasteiger partial charge in [0.1, 0.15) is 11.6 Å². The van der Waals surface area contributed by atoms with Crippen molar-refractivity contribution in [2.24, 2.45) is 11.8 Å². The SMILES string of the molecule is C=CCN(C)C(=O)[C@@H]1[C@H]2C(=O)N([C@H](CO)c3ccccc3)C(C(=O)N(CC=C)c3ccc(N(CC)CC)cc3)C23CC[C@H]1O3. The maximum absolute atomic E-state index is 14.9. The molecule has 3 saturated heterocycles. The number of likely N-dealkylation sites (N-methyl/N-ethyl adjacent to an activating group) is 1. The quantitative estimate of drug-likeness (QED) is 0.352. The number of ether oxygens (including phenoxy) is 1. The Kier molecular flexibility index (Phi) is 9.27. The number of benzene rings is 2. The molecule has 9 heteroatoms. The molecule has 0 aliphatic carbocycles. The third-order valence-electron chi connectivity index (χ3n) is 9.60. The van der Waals surface area contributed by atoms with Crippen LogP contribution in [-0.4, -0.2) is 90.2 Å². The second-order valence-electron chi connectivity index (χ2n) is 11.8. The Bertz CT molecular complexity index is 1380. The highest BCUT2D eigenvalue weighted by Crippen LogP contribution is 2.60. The van der Waals surface area contributed by atoms with Gasteiger partial charge < -0.3 is 29.4 Å². The minimum Gasteiger partial charge on any atom is -0.394 e. The van der Waals surface area contributed by atoms with Crippen molar-refractivity contribution < 1.29 is 24.2 Å². The van der Waals surface area contributed by atoms with Crippen LogP contribution >= 0.6 is 0 Å². The molecule has 0 aromatic heterocycles. The lowest BCUT2D eigenvalue weighted by Gasteiger charge is -2.39. The molecule has 2 aromatic rings. The van der Waals surface area contributed by atoms with E-state index in [2.05, 4.69) is 31.9 Å². The fourth-order valence-corrected chi connectivity index (χ4v) is 7.59. The van der Waals surface area contributed by atoms with E-state index < -0.39 is 35.6 Å². The maximum Gasteiger partial charge on any atom is 0.253 e. The summed E-state index contributed by atoms with van der Waals surface area (Å²) in [7, 11) is 1.69. The van der Waals surface area contributed by atoms with Gasteiger partial charge in [0.15, 0.2) is 0 Å². The van der Waals surface area contributed by atoms with Gasteiger partial charge in [-0.25, -0.2) is 0 Å². The van der Waals surface area contributed by atoms with E-state index in [4.69, 9.17) is 4.74 Å². The Hall–Kier alpha value is -3.95. The lowest BCUT2D eigenvalue weighted by Crippen LogP contribution is -2.57. The summed E-state index contributed by atoms with van der Waals surface area (Å²) in [6.07, 6.45) is 3.87. The van der Waals surface area contributed by atoms with Gasteiger partial charge in [0.05, 0.1) is 30.6 Å². The topological polar surface area (TPSA) is 93.6 Å². The number of amides is 3. The molecule has 3 aliphatic heterocycles. The molecule has 6 atom stereocenters. The first kappa shape index (κ1) is 31.5. The van der Waals surface area contributed by atoms with Crippen molar-refractivity contribution in [3.8, 4) is 0 Å². The van der Waals surface area contributed by atoms with E-state index in [1.807, 2.05) is 54.6 Å². The molecule has 1 spiro atoms. The highest BCUT2D eigenvalue weighted by atomic mass is 16.5. The molecule has 3 heterocycles. The molecule has 2 unspecified atom stereocenters. The van der Waals surface area contributed by atoms with Crippen molar-refractivity contribution in [3.63, 3.8) is 0 Å². The molecule has 5 rings (SSSR count). The fraction of sp³-hybridized carbons (Fsp3) is 0.457. The first-order valence-corrected chi connectivity index (χ1v) is 15.6. The molecule has 2 aromatic carbocycles. The average Bonchev–Trinajstić information content (AvgIpc) is 3.69. The van der Waals surface area contributed by atoms with Gasteiger partial charge in [-0.2, -0.15) is 0 Å². The van der Waals surface area contributed by atoms with Crippen LogP contribution in [0.15, 0.2) is 79.9 Å². The van der Waals surface area contributed by atoms with Crippen molar-refractivity contribution in [2.45, 2.75) is 50.5 Å². The minimum absolute atomic E-state index is 0.196. The van der Waals surface area contributed by atoms with Crippen LogP contribution < -0.4 is 9.80 Å². The number of hydrogen-bond acceptors (Lipinski definition) is 6. The Balaban J connectivity index is 1.60.